The van der Waals surface area contributed by atoms with Gasteiger partial charge in [-0.15, -0.1) is 0 Å². The Morgan fingerprint density at radius 3 is 3.00 bits per heavy atom. The first-order valence-corrected chi connectivity index (χ1v) is 6.33. The van der Waals surface area contributed by atoms with Gasteiger partial charge in [-0.2, -0.15) is 0 Å². The second kappa shape index (κ2) is 4.86. The van der Waals surface area contributed by atoms with Crippen LogP contribution in [0.25, 0.3) is 0 Å². The van der Waals surface area contributed by atoms with Gasteiger partial charge >= 0.3 is 6.03 Å². The Morgan fingerprint density at radius 2 is 2.17 bits per heavy atom. The number of rotatable bonds is 1. The summed E-state index contributed by atoms with van der Waals surface area (Å²) in [6.45, 7) is 3.57. The van der Waals surface area contributed by atoms with Gasteiger partial charge in [0.2, 0.25) is 0 Å². The summed E-state index contributed by atoms with van der Waals surface area (Å²) >= 11 is 0. The highest BCUT2D eigenvalue weighted by Gasteiger charge is 2.17. The van der Waals surface area contributed by atoms with Crippen molar-refractivity contribution in [3.05, 3.63) is 23.8 Å². The van der Waals surface area contributed by atoms with Crippen LogP contribution in [0.5, 0.6) is 0 Å². The maximum Gasteiger partial charge on any atom is 0.321 e. The molecule has 0 aliphatic carbocycles. The van der Waals surface area contributed by atoms with Crippen molar-refractivity contribution in [3.63, 3.8) is 0 Å². The Kier molecular flexibility index (Phi) is 3.06. The molecule has 0 atom stereocenters. The van der Waals surface area contributed by atoms with Gasteiger partial charge in [-0.25, -0.2) is 4.79 Å². The van der Waals surface area contributed by atoms with Crippen LogP contribution in [-0.2, 0) is 11.2 Å². The summed E-state index contributed by atoms with van der Waals surface area (Å²) < 4.78 is 5.23. The van der Waals surface area contributed by atoms with Gasteiger partial charge in [0, 0.05) is 31.0 Å². The first-order valence-electron chi connectivity index (χ1n) is 6.33. The largest absolute Gasteiger partial charge is 0.384 e. The molecular weight excluding hydrogens is 230 g/mol. The molecule has 0 unspecified atom stereocenters. The molecule has 3 rings (SSSR count). The van der Waals surface area contributed by atoms with Crippen molar-refractivity contribution < 1.29 is 9.53 Å². The lowest BCUT2D eigenvalue weighted by Crippen LogP contribution is -2.43. The van der Waals surface area contributed by atoms with Gasteiger partial charge in [0.15, 0.2) is 0 Å². The average molecular weight is 247 g/mol. The van der Waals surface area contributed by atoms with Crippen molar-refractivity contribution in [1.82, 2.24) is 4.90 Å². The second-order valence-electron chi connectivity index (χ2n) is 4.58. The third-order valence-corrected chi connectivity index (χ3v) is 3.36. The van der Waals surface area contributed by atoms with Gasteiger partial charge in [0.1, 0.15) is 0 Å². The smallest absolute Gasteiger partial charge is 0.321 e. The van der Waals surface area contributed by atoms with Crippen LogP contribution in [0.1, 0.15) is 5.56 Å². The lowest BCUT2D eigenvalue weighted by atomic mass is 10.1. The number of urea groups is 1. The average Bonchev–Trinajstić information content (AvgIpc) is 2.87. The lowest BCUT2D eigenvalue weighted by Gasteiger charge is -2.27. The molecule has 5 heteroatoms. The Labute approximate surface area is 106 Å². The standard InChI is InChI=1S/C13H17N3O2/c17-13(16-5-7-18-8-6-16)15-11-1-2-12-10(9-11)3-4-14-12/h1-2,9,14H,3-8H2,(H,15,17). The van der Waals surface area contributed by atoms with Gasteiger partial charge in [-0.3, -0.25) is 0 Å². The number of amides is 2. The molecule has 2 heterocycles. The Bertz CT molecular complexity index is 456. The quantitative estimate of drug-likeness (QED) is 0.791. The fourth-order valence-electron chi connectivity index (χ4n) is 2.35. The summed E-state index contributed by atoms with van der Waals surface area (Å²) in [5, 5.41) is 6.25. The molecule has 2 N–H and O–H groups in total. The van der Waals surface area contributed by atoms with E-state index < -0.39 is 0 Å². The van der Waals surface area contributed by atoms with E-state index in [2.05, 4.69) is 10.6 Å². The van der Waals surface area contributed by atoms with E-state index in [4.69, 9.17) is 4.74 Å². The van der Waals surface area contributed by atoms with Gasteiger partial charge < -0.3 is 20.3 Å². The molecule has 0 spiro atoms. The van der Waals surface area contributed by atoms with Crippen LogP contribution in [0.4, 0.5) is 16.2 Å². The van der Waals surface area contributed by atoms with Crippen molar-refractivity contribution in [3.8, 4) is 0 Å². The Hall–Kier alpha value is -1.75. The molecule has 1 aromatic carbocycles. The van der Waals surface area contributed by atoms with E-state index in [0.29, 0.717) is 26.3 Å². The number of benzene rings is 1. The molecule has 0 bridgehead atoms. The summed E-state index contributed by atoms with van der Waals surface area (Å²) in [4.78, 5) is 13.8. The van der Waals surface area contributed by atoms with Gasteiger partial charge in [-0.05, 0) is 30.2 Å². The van der Waals surface area contributed by atoms with Crippen molar-refractivity contribution in [2.75, 3.05) is 43.5 Å². The molecule has 96 valence electrons. The molecule has 1 saturated heterocycles. The zero-order chi connectivity index (χ0) is 12.4. The predicted molar refractivity (Wildman–Crippen MR) is 70.0 cm³/mol. The van der Waals surface area contributed by atoms with Crippen LogP contribution in [0.2, 0.25) is 0 Å². The third kappa shape index (κ3) is 2.26. The van der Waals surface area contributed by atoms with E-state index in [0.717, 1.165) is 18.7 Å². The summed E-state index contributed by atoms with van der Waals surface area (Å²) in [5.41, 5.74) is 3.32. The minimum absolute atomic E-state index is 0.0378. The summed E-state index contributed by atoms with van der Waals surface area (Å²) in [6, 6.07) is 5.98. The monoisotopic (exact) mass is 247 g/mol. The Morgan fingerprint density at radius 1 is 1.33 bits per heavy atom. The first kappa shape index (κ1) is 11.3. The lowest BCUT2D eigenvalue weighted by molar-refractivity contribution is 0.0564. The molecule has 2 amide bonds. The van der Waals surface area contributed by atoms with Crippen molar-refractivity contribution in [1.29, 1.82) is 0 Å². The highest BCUT2D eigenvalue weighted by atomic mass is 16.5. The third-order valence-electron chi connectivity index (χ3n) is 3.36. The molecule has 1 fully saturated rings. The van der Waals surface area contributed by atoms with Crippen LogP contribution in [0.15, 0.2) is 18.2 Å². The van der Waals surface area contributed by atoms with Crippen LogP contribution in [-0.4, -0.2) is 43.8 Å². The Balaban J connectivity index is 1.66. The maximum absolute atomic E-state index is 12.0. The summed E-state index contributed by atoms with van der Waals surface area (Å²) in [7, 11) is 0. The van der Waals surface area contributed by atoms with Crippen molar-refractivity contribution in [2.45, 2.75) is 6.42 Å². The van der Waals surface area contributed by atoms with Crippen LogP contribution in [0, 0.1) is 0 Å². The minimum atomic E-state index is -0.0378. The van der Waals surface area contributed by atoms with E-state index in [1.54, 1.807) is 4.90 Å². The first-order chi connectivity index (χ1) is 8.83. The van der Waals surface area contributed by atoms with E-state index in [1.165, 1.54) is 11.3 Å². The van der Waals surface area contributed by atoms with E-state index >= 15 is 0 Å². The van der Waals surface area contributed by atoms with Crippen LogP contribution in [0.3, 0.4) is 0 Å². The molecule has 18 heavy (non-hydrogen) atoms. The minimum Gasteiger partial charge on any atom is -0.384 e. The molecular formula is C13H17N3O2. The number of morpholine rings is 1. The zero-order valence-corrected chi connectivity index (χ0v) is 10.2. The van der Waals surface area contributed by atoms with Gasteiger partial charge in [0.25, 0.3) is 0 Å². The van der Waals surface area contributed by atoms with Crippen LogP contribution < -0.4 is 10.6 Å². The molecule has 2 aliphatic rings. The number of carbonyl (C=O) groups excluding carboxylic acids is 1. The number of fused-ring (bicyclic) bond motifs is 1. The van der Waals surface area contributed by atoms with Gasteiger partial charge in [-0.1, -0.05) is 0 Å². The zero-order valence-electron chi connectivity index (χ0n) is 10.2. The van der Waals surface area contributed by atoms with E-state index in [9.17, 15) is 4.79 Å². The predicted octanol–water partition coefficient (Wildman–Crippen LogP) is 1.52. The fourth-order valence-corrected chi connectivity index (χ4v) is 2.35. The van der Waals surface area contributed by atoms with Crippen LogP contribution >= 0.6 is 0 Å². The topological polar surface area (TPSA) is 53.6 Å². The molecule has 2 aliphatic heterocycles. The number of nitrogens with zero attached hydrogens (tertiary/aromatic N) is 1. The van der Waals surface area contributed by atoms with E-state index in [1.807, 2.05) is 18.2 Å². The van der Waals surface area contributed by atoms with Gasteiger partial charge in [0.05, 0.1) is 13.2 Å². The summed E-state index contributed by atoms with van der Waals surface area (Å²) in [6.07, 6.45) is 1.02. The van der Waals surface area contributed by atoms with Crippen molar-refractivity contribution in [2.24, 2.45) is 0 Å². The normalized spacial score (nSPS) is 18.1. The number of ether oxygens (including phenoxy) is 1. The second-order valence-corrected chi connectivity index (χ2v) is 4.58. The number of carbonyl (C=O) groups is 1. The highest BCUT2D eigenvalue weighted by Crippen LogP contribution is 2.25. The fraction of sp³-hybridized carbons (Fsp3) is 0.462. The SMILES string of the molecule is O=C(Nc1ccc2c(c1)CCN2)N1CCOCC1. The molecule has 1 aromatic rings. The summed E-state index contributed by atoms with van der Waals surface area (Å²) in [5.74, 6) is 0. The molecule has 0 radical (unpaired) electrons. The number of anilines is 2. The van der Waals surface area contributed by atoms with Crippen molar-refractivity contribution >= 4 is 17.4 Å². The van der Waals surface area contributed by atoms with E-state index in [-0.39, 0.29) is 6.03 Å². The number of hydrogen-bond acceptors (Lipinski definition) is 3. The maximum atomic E-state index is 12.0. The highest BCUT2D eigenvalue weighted by molar-refractivity contribution is 5.90. The number of nitrogens with one attached hydrogen (secondary N) is 2. The molecule has 5 nitrogen and oxygen atoms in total. The number of hydrogen-bond donors (Lipinski definition) is 2. The molecule has 0 saturated carbocycles. The molecule has 0 aromatic heterocycles.